The Morgan fingerprint density at radius 2 is 1.96 bits per heavy atom. The van der Waals surface area contributed by atoms with Gasteiger partial charge in [0, 0.05) is 30.8 Å². The molecule has 1 saturated carbocycles. The zero-order valence-electron chi connectivity index (χ0n) is 16.2. The molecule has 1 aliphatic carbocycles. The highest BCUT2D eigenvalue weighted by molar-refractivity contribution is 6.29. The number of ether oxygens (including phenoxy) is 2. The summed E-state index contributed by atoms with van der Waals surface area (Å²) in [5, 5.41) is 0.232. The van der Waals surface area contributed by atoms with Gasteiger partial charge in [0.05, 0.1) is 13.7 Å². The second kappa shape index (κ2) is 7.78. The molecule has 0 N–H and O–H groups in total. The smallest absolute Gasteiger partial charge is 0.410 e. The molecule has 0 radical (unpaired) electrons. The number of carbonyl (C=O) groups is 2. The van der Waals surface area contributed by atoms with Crippen molar-refractivity contribution in [2.45, 2.75) is 56.6 Å². The van der Waals surface area contributed by atoms with E-state index >= 15 is 0 Å². The first kappa shape index (κ1) is 19.3. The fourth-order valence-corrected chi connectivity index (χ4v) is 4.85. The van der Waals surface area contributed by atoms with Crippen LogP contribution in [0.5, 0.6) is 5.88 Å². The lowest BCUT2D eigenvalue weighted by Gasteiger charge is -2.36. The Balaban J connectivity index is 1.37. The van der Waals surface area contributed by atoms with Crippen molar-refractivity contribution in [1.82, 2.24) is 14.8 Å². The topological polar surface area (TPSA) is 72.0 Å². The summed E-state index contributed by atoms with van der Waals surface area (Å²) in [7, 11) is 1.49. The van der Waals surface area contributed by atoms with Gasteiger partial charge in [0.25, 0.3) is 5.91 Å². The number of carbonyl (C=O) groups excluding carboxylic acids is 2. The largest absolute Gasteiger partial charge is 0.481 e. The van der Waals surface area contributed by atoms with Crippen LogP contribution in [0.25, 0.3) is 0 Å². The first-order valence-electron chi connectivity index (χ1n) is 10.0. The van der Waals surface area contributed by atoms with E-state index in [1.807, 2.05) is 4.90 Å². The molecule has 0 unspecified atom stereocenters. The number of aromatic nitrogens is 1. The molecule has 7 nitrogen and oxygen atoms in total. The lowest BCUT2D eigenvalue weighted by atomic mass is 9.84. The van der Waals surface area contributed by atoms with Crippen molar-refractivity contribution in [2.75, 3.05) is 26.7 Å². The third-order valence-electron chi connectivity index (χ3n) is 6.18. The van der Waals surface area contributed by atoms with Crippen LogP contribution in [0, 0.1) is 0 Å². The summed E-state index contributed by atoms with van der Waals surface area (Å²) in [5.74, 6) is 0.233. The van der Waals surface area contributed by atoms with E-state index in [1.54, 1.807) is 17.0 Å². The van der Waals surface area contributed by atoms with Gasteiger partial charge >= 0.3 is 6.09 Å². The Hall–Kier alpha value is -2.02. The van der Waals surface area contributed by atoms with Crippen LogP contribution in [0.1, 0.15) is 55.3 Å². The van der Waals surface area contributed by atoms with Crippen LogP contribution in [0.3, 0.4) is 0 Å². The molecule has 1 aromatic heterocycles. The van der Waals surface area contributed by atoms with Crippen LogP contribution < -0.4 is 4.74 Å². The molecule has 0 atom stereocenters. The fourth-order valence-electron chi connectivity index (χ4n) is 4.65. The number of hydrogen-bond donors (Lipinski definition) is 0. The predicted molar refractivity (Wildman–Crippen MR) is 104 cm³/mol. The average molecular weight is 408 g/mol. The Morgan fingerprint density at radius 3 is 2.64 bits per heavy atom. The molecule has 2 amide bonds. The lowest BCUT2D eigenvalue weighted by Crippen LogP contribution is -2.48. The molecular formula is C20H26ClN3O4. The van der Waals surface area contributed by atoms with E-state index < -0.39 is 0 Å². The number of hydrogen-bond acceptors (Lipinski definition) is 5. The van der Waals surface area contributed by atoms with Crippen LogP contribution in [0.4, 0.5) is 4.79 Å². The third kappa shape index (κ3) is 3.77. The average Bonchev–Trinajstić information content (AvgIpc) is 3.03. The van der Waals surface area contributed by atoms with Crippen molar-refractivity contribution in [2.24, 2.45) is 0 Å². The van der Waals surface area contributed by atoms with Crippen LogP contribution in [0.15, 0.2) is 12.1 Å². The van der Waals surface area contributed by atoms with Crippen molar-refractivity contribution in [3.05, 3.63) is 22.8 Å². The molecular weight excluding hydrogens is 382 g/mol. The Labute approximate surface area is 169 Å². The molecule has 8 heteroatoms. The molecule has 0 aromatic carbocycles. The molecule has 28 heavy (non-hydrogen) atoms. The first-order valence-corrected chi connectivity index (χ1v) is 10.4. The van der Waals surface area contributed by atoms with Gasteiger partial charge in [-0.25, -0.2) is 9.78 Å². The van der Waals surface area contributed by atoms with E-state index in [0.717, 1.165) is 38.5 Å². The first-order chi connectivity index (χ1) is 13.5. The van der Waals surface area contributed by atoms with Gasteiger partial charge < -0.3 is 19.3 Å². The standard InChI is InChI=1S/C20H26ClN3O4/c1-27-17-12-14(11-16(21)22-17)18(25)23-9-5-15(6-10-23)24-13-20(28-19(24)26)7-3-2-4-8-20/h11-12,15H,2-10,13H2,1H3. The molecule has 3 heterocycles. The number of pyridine rings is 1. The van der Waals surface area contributed by atoms with Crippen molar-refractivity contribution in [1.29, 1.82) is 0 Å². The predicted octanol–water partition coefficient (Wildman–Crippen LogP) is 3.50. The van der Waals surface area contributed by atoms with Crippen LogP contribution in [-0.4, -0.2) is 65.2 Å². The fraction of sp³-hybridized carbons (Fsp3) is 0.650. The number of rotatable bonds is 3. The van der Waals surface area contributed by atoms with Gasteiger partial charge in [-0.2, -0.15) is 0 Å². The maximum absolute atomic E-state index is 12.8. The molecule has 1 spiro atoms. The molecule has 152 valence electrons. The monoisotopic (exact) mass is 407 g/mol. The van der Waals surface area contributed by atoms with Crippen LogP contribution in [0.2, 0.25) is 5.15 Å². The number of likely N-dealkylation sites (tertiary alicyclic amines) is 1. The number of methoxy groups -OCH3 is 1. The molecule has 2 saturated heterocycles. The Bertz CT molecular complexity index is 758. The van der Waals surface area contributed by atoms with Gasteiger partial charge in [-0.15, -0.1) is 0 Å². The molecule has 3 aliphatic rings. The van der Waals surface area contributed by atoms with E-state index in [2.05, 4.69) is 4.98 Å². The van der Waals surface area contributed by atoms with Crippen molar-refractivity contribution in [3.63, 3.8) is 0 Å². The summed E-state index contributed by atoms with van der Waals surface area (Å²) in [5.41, 5.74) is 0.198. The van der Waals surface area contributed by atoms with E-state index in [4.69, 9.17) is 21.1 Å². The quantitative estimate of drug-likeness (QED) is 0.717. The highest BCUT2D eigenvalue weighted by Crippen LogP contribution is 2.38. The minimum Gasteiger partial charge on any atom is -0.481 e. The van der Waals surface area contributed by atoms with E-state index in [0.29, 0.717) is 31.1 Å². The lowest BCUT2D eigenvalue weighted by molar-refractivity contribution is 0.0259. The summed E-state index contributed by atoms with van der Waals surface area (Å²) in [6, 6.07) is 3.29. The zero-order valence-corrected chi connectivity index (χ0v) is 16.9. The highest BCUT2D eigenvalue weighted by Gasteiger charge is 2.48. The Morgan fingerprint density at radius 1 is 1.25 bits per heavy atom. The second-order valence-corrected chi connectivity index (χ2v) is 8.37. The van der Waals surface area contributed by atoms with Gasteiger partial charge in [-0.1, -0.05) is 18.0 Å². The zero-order chi connectivity index (χ0) is 19.7. The summed E-state index contributed by atoms with van der Waals surface area (Å²) in [6.45, 7) is 1.90. The SMILES string of the molecule is COc1cc(C(=O)N2CCC(N3CC4(CCCCC4)OC3=O)CC2)cc(Cl)n1. The van der Waals surface area contributed by atoms with Crippen molar-refractivity contribution in [3.8, 4) is 5.88 Å². The number of piperidine rings is 1. The second-order valence-electron chi connectivity index (χ2n) is 7.98. The summed E-state index contributed by atoms with van der Waals surface area (Å²) < 4.78 is 10.9. The van der Waals surface area contributed by atoms with E-state index in [-0.39, 0.29) is 28.8 Å². The van der Waals surface area contributed by atoms with E-state index in [1.165, 1.54) is 13.5 Å². The summed E-state index contributed by atoms with van der Waals surface area (Å²) >= 11 is 5.99. The minimum atomic E-state index is -0.271. The number of halogens is 1. The van der Waals surface area contributed by atoms with Gasteiger partial charge in [0.1, 0.15) is 10.8 Å². The van der Waals surface area contributed by atoms with Crippen molar-refractivity contribution < 1.29 is 19.1 Å². The Kier molecular flexibility index (Phi) is 5.36. The molecule has 3 fully saturated rings. The minimum absolute atomic E-state index is 0.0891. The van der Waals surface area contributed by atoms with E-state index in [9.17, 15) is 9.59 Å². The van der Waals surface area contributed by atoms with Gasteiger partial charge in [0.15, 0.2) is 0 Å². The number of amides is 2. The van der Waals surface area contributed by atoms with Crippen LogP contribution >= 0.6 is 11.6 Å². The summed E-state index contributed by atoms with van der Waals surface area (Å²) in [4.78, 5) is 33.0. The molecule has 2 aliphatic heterocycles. The molecule has 4 rings (SSSR count). The normalized spacial score (nSPS) is 22.4. The van der Waals surface area contributed by atoms with Gasteiger partial charge in [0.2, 0.25) is 5.88 Å². The van der Waals surface area contributed by atoms with Gasteiger partial charge in [-0.3, -0.25) is 4.79 Å². The van der Waals surface area contributed by atoms with Crippen LogP contribution in [-0.2, 0) is 4.74 Å². The molecule has 0 bridgehead atoms. The highest BCUT2D eigenvalue weighted by atomic mass is 35.5. The third-order valence-corrected chi connectivity index (χ3v) is 6.37. The number of nitrogens with zero attached hydrogens (tertiary/aromatic N) is 3. The van der Waals surface area contributed by atoms with Crippen molar-refractivity contribution >= 4 is 23.6 Å². The van der Waals surface area contributed by atoms with Gasteiger partial charge in [-0.05, 0) is 44.6 Å². The summed E-state index contributed by atoms with van der Waals surface area (Å²) in [6.07, 6.45) is 6.76. The maximum Gasteiger partial charge on any atom is 0.410 e. The molecule has 1 aromatic rings. The maximum atomic E-state index is 12.8.